The van der Waals surface area contributed by atoms with E-state index in [9.17, 15) is 24.0 Å². The van der Waals surface area contributed by atoms with Crippen molar-refractivity contribution >= 4 is 42.3 Å². The normalized spacial score (nSPS) is 15.1. The van der Waals surface area contributed by atoms with Crippen molar-refractivity contribution in [3.63, 3.8) is 0 Å². The molecule has 4 atom stereocenters. The Morgan fingerprint density at radius 2 is 1.43 bits per heavy atom. The number of amides is 3. The maximum atomic E-state index is 12.5. The predicted octanol–water partition coefficient (Wildman–Crippen LogP) is -1.68. The van der Waals surface area contributed by atoms with E-state index in [1.165, 1.54) is 6.92 Å². The van der Waals surface area contributed by atoms with Crippen LogP contribution in [-0.4, -0.2) is 69.8 Å². The Morgan fingerprint density at radius 3 is 1.86 bits per heavy atom. The van der Waals surface area contributed by atoms with Crippen molar-refractivity contribution in [3.05, 3.63) is 0 Å². The van der Waals surface area contributed by atoms with Gasteiger partial charge in [0.05, 0.1) is 12.5 Å². The average Bonchev–Trinajstić information content (AvgIpc) is 2.58. The van der Waals surface area contributed by atoms with Crippen LogP contribution in [0.2, 0.25) is 0 Å². The molecule has 28 heavy (non-hydrogen) atoms. The van der Waals surface area contributed by atoms with Gasteiger partial charge in [0, 0.05) is 5.75 Å². The highest BCUT2D eigenvalue weighted by Gasteiger charge is 2.29. The molecule has 0 aromatic carbocycles. The van der Waals surface area contributed by atoms with Gasteiger partial charge in [-0.2, -0.15) is 12.6 Å². The standard InChI is InChI=1S/C16H28N4O7S/c1-7(2)4-10(19-14(24)9(17)6-28)15(25)18-8(3)13(23)20-11(16(26)27)5-12(21)22/h7-11,28H,4-6,17H2,1-3H3,(H,18,25)(H,19,24)(H,20,23)(H,21,22)(H,26,27). The average molecular weight is 420 g/mol. The highest BCUT2D eigenvalue weighted by Crippen LogP contribution is 2.06. The van der Waals surface area contributed by atoms with E-state index < -0.39 is 60.2 Å². The Kier molecular flexibility index (Phi) is 11.2. The largest absolute Gasteiger partial charge is 0.481 e. The van der Waals surface area contributed by atoms with E-state index in [0.717, 1.165) is 0 Å². The smallest absolute Gasteiger partial charge is 0.326 e. The summed E-state index contributed by atoms with van der Waals surface area (Å²) in [6, 6.07) is -4.65. The molecule has 7 N–H and O–H groups in total. The number of hydrogen-bond donors (Lipinski definition) is 7. The summed E-state index contributed by atoms with van der Waals surface area (Å²) >= 11 is 3.92. The van der Waals surface area contributed by atoms with Gasteiger partial charge in [0.25, 0.3) is 0 Å². The quantitative estimate of drug-likeness (QED) is 0.182. The van der Waals surface area contributed by atoms with Gasteiger partial charge in [0.1, 0.15) is 18.1 Å². The summed E-state index contributed by atoms with van der Waals surface area (Å²) in [6.07, 6.45) is -0.530. The van der Waals surface area contributed by atoms with Gasteiger partial charge < -0.3 is 31.9 Å². The third kappa shape index (κ3) is 9.55. The molecule has 160 valence electrons. The maximum absolute atomic E-state index is 12.5. The first-order valence-corrected chi connectivity index (χ1v) is 9.24. The van der Waals surface area contributed by atoms with E-state index in [2.05, 4.69) is 23.3 Å². The Morgan fingerprint density at radius 1 is 0.893 bits per heavy atom. The Bertz CT molecular complexity index is 600. The molecule has 4 unspecified atom stereocenters. The number of aliphatic carboxylic acids is 2. The first-order chi connectivity index (χ1) is 12.9. The second-order valence-electron chi connectivity index (χ2n) is 6.71. The first-order valence-electron chi connectivity index (χ1n) is 8.61. The summed E-state index contributed by atoms with van der Waals surface area (Å²) in [5.74, 6) is -4.88. The van der Waals surface area contributed by atoms with Crippen LogP contribution in [0.25, 0.3) is 0 Å². The summed E-state index contributed by atoms with van der Waals surface area (Å²) in [4.78, 5) is 58.2. The number of carbonyl (C=O) groups is 5. The van der Waals surface area contributed by atoms with Crippen molar-refractivity contribution in [3.8, 4) is 0 Å². The number of hydrogen-bond acceptors (Lipinski definition) is 7. The number of nitrogens with two attached hydrogens (primary N) is 1. The molecular formula is C16H28N4O7S. The molecule has 3 amide bonds. The molecule has 0 fully saturated rings. The van der Waals surface area contributed by atoms with Crippen molar-refractivity contribution < 1.29 is 34.2 Å². The van der Waals surface area contributed by atoms with E-state index in [-0.39, 0.29) is 18.1 Å². The zero-order valence-electron chi connectivity index (χ0n) is 16.0. The minimum absolute atomic E-state index is 0.0411. The summed E-state index contributed by atoms with van der Waals surface area (Å²) in [5.41, 5.74) is 5.58. The lowest BCUT2D eigenvalue weighted by Crippen LogP contribution is -2.56. The molecule has 0 radical (unpaired) electrons. The second-order valence-corrected chi connectivity index (χ2v) is 7.07. The number of rotatable bonds is 12. The van der Waals surface area contributed by atoms with Crippen LogP contribution in [0.3, 0.4) is 0 Å². The van der Waals surface area contributed by atoms with Crippen LogP contribution < -0.4 is 21.7 Å². The van der Waals surface area contributed by atoms with E-state index >= 15 is 0 Å². The lowest BCUT2D eigenvalue weighted by Gasteiger charge is -2.24. The van der Waals surface area contributed by atoms with Gasteiger partial charge in [0.15, 0.2) is 0 Å². The molecule has 0 spiro atoms. The van der Waals surface area contributed by atoms with Crippen molar-refractivity contribution in [1.29, 1.82) is 0 Å². The van der Waals surface area contributed by atoms with Gasteiger partial charge in [-0.1, -0.05) is 13.8 Å². The molecule has 0 aromatic heterocycles. The van der Waals surface area contributed by atoms with Crippen molar-refractivity contribution in [2.75, 3.05) is 5.75 Å². The minimum Gasteiger partial charge on any atom is -0.481 e. The zero-order valence-corrected chi connectivity index (χ0v) is 16.9. The molecule has 0 aliphatic carbocycles. The molecule has 12 heteroatoms. The third-order valence-corrected chi connectivity index (χ3v) is 4.01. The lowest BCUT2D eigenvalue weighted by molar-refractivity contribution is -0.147. The fourth-order valence-electron chi connectivity index (χ4n) is 2.12. The van der Waals surface area contributed by atoms with Gasteiger partial charge in [-0.25, -0.2) is 4.79 Å². The van der Waals surface area contributed by atoms with Crippen molar-refractivity contribution in [1.82, 2.24) is 16.0 Å². The molecule has 0 aromatic rings. The fourth-order valence-corrected chi connectivity index (χ4v) is 2.28. The van der Waals surface area contributed by atoms with E-state index in [4.69, 9.17) is 15.9 Å². The van der Waals surface area contributed by atoms with Crippen LogP contribution in [0.4, 0.5) is 0 Å². The van der Waals surface area contributed by atoms with E-state index in [1.54, 1.807) is 0 Å². The number of carboxylic acids is 2. The summed E-state index contributed by atoms with van der Waals surface area (Å²) < 4.78 is 0. The topological polar surface area (TPSA) is 188 Å². The summed E-state index contributed by atoms with van der Waals surface area (Å²) in [7, 11) is 0. The molecule has 0 saturated heterocycles. The van der Waals surface area contributed by atoms with Crippen LogP contribution in [0, 0.1) is 5.92 Å². The lowest BCUT2D eigenvalue weighted by atomic mass is 10.0. The van der Waals surface area contributed by atoms with Crippen LogP contribution in [0.1, 0.15) is 33.6 Å². The van der Waals surface area contributed by atoms with Crippen LogP contribution >= 0.6 is 12.6 Å². The summed E-state index contributed by atoms with van der Waals surface area (Å²) in [6.45, 7) is 4.98. The van der Waals surface area contributed by atoms with Crippen molar-refractivity contribution in [2.24, 2.45) is 11.7 Å². The van der Waals surface area contributed by atoms with Crippen LogP contribution in [0.15, 0.2) is 0 Å². The van der Waals surface area contributed by atoms with Crippen molar-refractivity contribution in [2.45, 2.75) is 57.8 Å². The zero-order chi connectivity index (χ0) is 22.0. The number of thiol groups is 1. The summed E-state index contributed by atoms with van der Waals surface area (Å²) in [5, 5.41) is 24.6. The Balaban J connectivity index is 5.02. The molecule has 0 rings (SSSR count). The molecule has 11 nitrogen and oxygen atoms in total. The highest BCUT2D eigenvalue weighted by molar-refractivity contribution is 7.80. The van der Waals surface area contributed by atoms with Gasteiger partial charge >= 0.3 is 11.9 Å². The Hall–Kier alpha value is -2.34. The van der Waals surface area contributed by atoms with Gasteiger partial charge in [-0.3, -0.25) is 19.2 Å². The van der Waals surface area contributed by atoms with Gasteiger partial charge in [-0.15, -0.1) is 0 Å². The molecule has 0 saturated carbocycles. The number of carbonyl (C=O) groups excluding carboxylic acids is 3. The molecule has 0 heterocycles. The van der Waals surface area contributed by atoms with Crippen LogP contribution in [0.5, 0.6) is 0 Å². The van der Waals surface area contributed by atoms with E-state index in [1.807, 2.05) is 19.2 Å². The Labute approximate surface area is 168 Å². The third-order valence-electron chi connectivity index (χ3n) is 3.62. The highest BCUT2D eigenvalue weighted by atomic mass is 32.1. The number of carboxylic acid groups (broad SMARTS) is 2. The number of nitrogens with one attached hydrogen (secondary N) is 3. The van der Waals surface area contributed by atoms with Gasteiger partial charge in [0.2, 0.25) is 17.7 Å². The van der Waals surface area contributed by atoms with Gasteiger partial charge in [-0.05, 0) is 19.3 Å². The van der Waals surface area contributed by atoms with E-state index in [0.29, 0.717) is 0 Å². The molecule has 0 aliphatic rings. The maximum Gasteiger partial charge on any atom is 0.326 e. The molecule has 0 aliphatic heterocycles. The molecular weight excluding hydrogens is 392 g/mol. The predicted molar refractivity (Wildman–Crippen MR) is 103 cm³/mol. The monoisotopic (exact) mass is 420 g/mol. The molecule has 0 bridgehead atoms. The first kappa shape index (κ1) is 25.7. The fraction of sp³-hybridized carbons (Fsp3) is 0.688. The van der Waals surface area contributed by atoms with Crippen LogP contribution in [-0.2, 0) is 24.0 Å². The second kappa shape index (κ2) is 12.2. The SMILES string of the molecule is CC(C)CC(NC(=O)C(N)CS)C(=O)NC(C)C(=O)NC(CC(=O)O)C(=O)O. The minimum atomic E-state index is -1.64.